The molecule has 1 heterocycles. The fourth-order valence-corrected chi connectivity index (χ4v) is 1.58. The minimum Gasteiger partial charge on any atom is -0.454 e. The summed E-state index contributed by atoms with van der Waals surface area (Å²) in [4.78, 5) is 11.5. The van der Waals surface area contributed by atoms with Crippen LogP contribution in [0.4, 0.5) is 0 Å². The van der Waals surface area contributed by atoms with E-state index in [4.69, 9.17) is 21.1 Å². The molecule has 14 heavy (non-hydrogen) atoms. The average Bonchev–Trinajstić information content (AvgIpc) is 2.62. The van der Waals surface area contributed by atoms with E-state index in [0.29, 0.717) is 28.5 Å². The van der Waals surface area contributed by atoms with Crippen molar-refractivity contribution in [2.45, 2.75) is 13.3 Å². The van der Waals surface area contributed by atoms with Gasteiger partial charge in [-0.1, -0.05) is 18.5 Å². The largest absolute Gasteiger partial charge is 0.454 e. The van der Waals surface area contributed by atoms with E-state index in [9.17, 15) is 4.79 Å². The summed E-state index contributed by atoms with van der Waals surface area (Å²) in [6.45, 7) is 1.98. The van der Waals surface area contributed by atoms with Crippen molar-refractivity contribution in [2.75, 3.05) is 6.79 Å². The lowest BCUT2D eigenvalue weighted by molar-refractivity contribution is 0.0988. The Morgan fingerprint density at radius 1 is 1.43 bits per heavy atom. The van der Waals surface area contributed by atoms with Crippen LogP contribution in [0, 0.1) is 0 Å². The highest BCUT2D eigenvalue weighted by Gasteiger charge is 2.18. The minimum absolute atomic E-state index is 0.00769. The molecule has 0 aliphatic carbocycles. The molecule has 0 saturated heterocycles. The summed E-state index contributed by atoms with van der Waals surface area (Å²) < 4.78 is 10.3. The molecule has 0 aromatic heterocycles. The van der Waals surface area contributed by atoms with E-state index in [0.717, 1.165) is 0 Å². The van der Waals surface area contributed by atoms with E-state index in [2.05, 4.69) is 0 Å². The molecule has 1 aromatic carbocycles. The predicted molar refractivity (Wildman–Crippen MR) is 52.2 cm³/mol. The summed E-state index contributed by atoms with van der Waals surface area (Å²) in [6, 6.07) is 3.25. The Labute approximate surface area is 86.6 Å². The third kappa shape index (κ3) is 1.44. The second kappa shape index (κ2) is 3.50. The minimum atomic E-state index is 0.00769. The summed E-state index contributed by atoms with van der Waals surface area (Å²) >= 11 is 5.93. The van der Waals surface area contributed by atoms with Crippen LogP contribution in [0.1, 0.15) is 23.7 Å². The van der Waals surface area contributed by atoms with Crippen molar-refractivity contribution in [2.24, 2.45) is 0 Å². The Balaban J connectivity index is 2.47. The summed E-state index contributed by atoms with van der Waals surface area (Å²) in [7, 11) is 0. The molecule has 0 spiro atoms. The number of carbonyl (C=O) groups excluding carboxylic acids is 1. The number of ether oxygens (including phenoxy) is 2. The fraction of sp³-hybridized carbons (Fsp3) is 0.300. The second-order valence-electron chi connectivity index (χ2n) is 2.96. The van der Waals surface area contributed by atoms with Crippen LogP contribution >= 0.6 is 11.6 Å². The molecule has 4 heteroatoms. The molecule has 0 radical (unpaired) electrons. The molecule has 1 aliphatic rings. The first-order chi connectivity index (χ1) is 6.72. The first kappa shape index (κ1) is 9.34. The van der Waals surface area contributed by atoms with Gasteiger partial charge in [-0.15, -0.1) is 0 Å². The number of rotatable bonds is 2. The molecular formula is C10H9ClO3. The Kier molecular flexibility index (Phi) is 2.33. The summed E-state index contributed by atoms with van der Waals surface area (Å²) in [6.07, 6.45) is 0.430. The van der Waals surface area contributed by atoms with Gasteiger partial charge >= 0.3 is 0 Å². The number of halogens is 1. The van der Waals surface area contributed by atoms with Crippen molar-refractivity contribution in [1.82, 2.24) is 0 Å². The molecular weight excluding hydrogens is 204 g/mol. The summed E-state index contributed by atoms with van der Waals surface area (Å²) in [5.74, 6) is 1.20. The van der Waals surface area contributed by atoms with Gasteiger partial charge in [-0.05, 0) is 6.07 Å². The lowest BCUT2D eigenvalue weighted by atomic mass is 10.1. The molecule has 0 amide bonds. The van der Waals surface area contributed by atoms with Crippen LogP contribution in [-0.4, -0.2) is 12.6 Å². The zero-order valence-corrected chi connectivity index (χ0v) is 8.43. The number of carbonyl (C=O) groups is 1. The molecule has 2 rings (SSSR count). The highest BCUT2D eigenvalue weighted by atomic mass is 35.5. The van der Waals surface area contributed by atoms with Gasteiger partial charge in [-0.2, -0.15) is 0 Å². The van der Waals surface area contributed by atoms with Crippen LogP contribution in [0.3, 0.4) is 0 Å². The smallest absolute Gasteiger partial charge is 0.231 e. The SMILES string of the molecule is CCC(=O)c1cc2c(cc1Cl)OCO2. The number of hydrogen-bond acceptors (Lipinski definition) is 3. The molecule has 0 fully saturated rings. The fourth-order valence-electron chi connectivity index (χ4n) is 1.32. The van der Waals surface area contributed by atoms with Crippen LogP contribution < -0.4 is 9.47 Å². The highest BCUT2D eigenvalue weighted by molar-refractivity contribution is 6.34. The Morgan fingerprint density at radius 3 is 2.71 bits per heavy atom. The van der Waals surface area contributed by atoms with Gasteiger partial charge in [-0.25, -0.2) is 0 Å². The van der Waals surface area contributed by atoms with Crippen molar-refractivity contribution in [3.05, 3.63) is 22.7 Å². The van der Waals surface area contributed by atoms with Gasteiger partial charge in [-0.3, -0.25) is 4.79 Å². The Morgan fingerprint density at radius 2 is 2.07 bits per heavy atom. The van der Waals surface area contributed by atoms with Gasteiger partial charge in [0, 0.05) is 18.1 Å². The second-order valence-corrected chi connectivity index (χ2v) is 3.37. The number of hydrogen-bond donors (Lipinski definition) is 0. The van der Waals surface area contributed by atoms with Crippen molar-refractivity contribution >= 4 is 17.4 Å². The lowest BCUT2D eigenvalue weighted by Gasteiger charge is -2.03. The van der Waals surface area contributed by atoms with Crippen LogP contribution in [0.15, 0.2) is 12.1 Å². The number of Topliss-reactive ketones (excluding diaryl/α,β-unsaturated/α-hetero) is 1. The maximum atomic E-state index is 11.5. The predicted octanol–water partition coefficient (Wildman–Crippen LogP) is 2.66. The van der Waals surface area contributed by atoms with E-state index >= 15 is 0 Å². The zero-order chi connectivity index (χ0) is 10.1. The number of ketones is 1. The normalized spacial score (nSPS) is 13.0. The Hall–Kier alpha value is -1.22. The maximum absolute atomic E-state index is 11.5. The standard InChI is InChI=1S/C10H9ClO3/c1-2-8(12)6-3-9-10(4-7(6)11)14-5-13-9/h3-4H,2,5H2,1H3. The molecule has 0 bridgehead atoms. The third-order valence-corrected chi connectivity index (χ3v) is 2.40. The van der Waals surface area contributed by atoms with Gasteiger partial charge in [0.2, 0.25) is 6.79 Å². The molecule has 1 aromatic rings. The van der Waals surface area contributed by atoms with Crippen molar-refractivity contribution in [3.8, 4) is 11.5 Å². The first-order valence-electron chi connectivity index (χ1n) is 4.34. The molecule has 3 nitrogen and oxygen atoms in total. The number of benzene rings is 1. The molecule has 0 saturated carbocycles. The topological polar surface area (TPSA) is 35.5 Å². The monoisotopic (exact) mass is 212 g/mol. The first-order valence-corrected chi connectivity index (χ1v) is 4.72. The lowest BCUT2D eigenvalue weighted by Crippen LogP contribution is -1.97. The summed E-state index contributed by atoms with van der Waals surface area (Å²) in [5, 5.41) is 0.418. The van der Waals surface area contributed by atoms with E-state index in [-0.39, 0.29) is 12.6 Å². The zero-order valence-electron chi connectivity index (χ0n) is 7.67. The Bertz CT molecular complexity index is 387. The van der Waals surface area contributed by atoms with E-state index in [1.54, 1.807) is 19.1 Å². The molecule has 0 atom stereocenters. The van der Waals surface area contributed by atoms with Gasteiger partial charge < -0.3 is 9.47 Å². The van der Waals surface area contributed by atoms with Crippen LogP contribution in [0.2, 0.25) is 5.02 Å². The molecule has 74 valence electrons. The van der Waals surface area contributed by atoms with Crippen LogP contribution in [0.25, 0.3) is 0 Å². The van der Waals surface area contributed by atoms with Crippen LogP contribution in [0.5, 0.6) is 11.5 Å². The van der Waals surface area contributed by atoms with E-state index < -0.39 is 0 Å². The van der Waals surface area contributed by atoms with Gasteiger partial charge in [0.25, 0.3) is 0 Å². The molecule has 0 N–H and O–H groups in total. The van der Waals surface area contributed by atoms with Gasteiger partial charge in [0.15, 0.2) is 17.3 Å². The van der Waals surface area contributed by atoms with Gasteiger partial charge in [0.1, 0.15) is 0 Å². The van der Waals surface area contributed by atoms with Crippen molar-refractivity contribution < 1.29 is 14.3 Å². The van der Waals surface area contributed by atoms with Crippen molar-refractivity contribution in [3.63, 3.8) is 0 Å². The van der Waals surface area contributed by atoms with E-state index in [1.165, 1.54) is 0 Å². The average molecular weight is 213 g/mol. The maximum Gasteiger partial charge on any atom is 0.231 e. The summed E-state index contributed by atoms with van der Waals surface area (Å²) in [5.41, 5.74) is 0.499. The molecule has 1 aliphatic heterocycles. The van der Waals surface area contributed by atoms with Crippen LogP contribution in [-0.2, 0) is 0 Å². The third-order valence-electron chi connectivity index (χ3n) is 2.08. The molecule has 0 unspecified atom stereocenters. The van der Waals surface area contributed by atoms with Gasteiger partial charge in [0.05, 0.1) is 5.02 Å². The van der Waals surface area contributed by atoms with E-state index in [1.807, 2.05) is 0 Å². The highest BCUT2D eigenvalue weighted by Crippen LogP contribution is 2.37. The quantitative estimate of drug-likeness (QED) is 0.707. The van der Waals surface area contributed by atoms with Crippen molar-refractivity contribution in [1.29, 1.82) is 0 Å². The number of fused-ring (bicyclic) bond motifs is 1.